The van der Waals surface area contributed by atoms with E-state index in [4.69, 9.17) is 0 Å². The Morgan fingerprint density at radius 3 is 1.70 bits per heavy atom. The summed E-state index contributed by atoms with van der Waals surface area (Å²) in [5.41, 5.74) is 9.68. The van der Waals surface area contributed by atoms with E-state index in [1.165, 1.54) is 60.9 Å². The van der Waals surface area contributed by atoms with Gasteiger partial charge in [0.05, 0.1) is 22.2 Å². The van der Waals surface area contributed by atoms with Crippen LogP contribution < -0.4 is 0 Å². The molecule has 0 spiro atoms. The highest BCUT2D eigenvalue weighted by Gasteiger charge is 2.19. The maximum absolute atomic E-state index is 2.38. The van der Waals surface area contributed by atoms with Crippen LogP contribution in [0.4, 0.5) is 0 Å². The fourth-order valence-corrected chi connectivity index (χ4v) is 5.72. The second kappa shape index (κ2) is 8.69. The van der Waals surface area contributed by atoms with Crippen molar-refractivity contribution in [2.45, 2.75) is 6.92 Å². The number of hydrogen-bond acceptors (Lipinski definition) is 0. The highest BCUT2D eigenvalue weighted by molar-refractivity contribution is 6.12. The number of allylic oxidation sites excluding steroid dienone is 1. The van der Waals surface area contributed by atoms with Gasteiger partial charge in [0, 0.05) is 33.1 Å². The zero-order valence-electron chi connectivity index (χ0n) is 20.7. The number of para-hydroxylation sites is 4. The molecule has 2 nitrogen and oxygen atoms in total. The van der Waals surface area contributed by atoms with Crippen LogP contribution in [-0.2, 0) is 0 Å². The SMILES string of the molecule is C/C=C\c1c(-c2ccc3c(c2)c2ccccc2n3-c2ccccc2)c2ccccc2n1-c1ccccc1. The maximum Gasteiger partial charge on any atom is 0.0543 e. The number of fused-ring (bicyclic) bond motifs is 4. The second-order valence-corrected chi connectivity index (χ2v) is 9.37. The van der Waals surface area contributed by atoms with Crippen LogP contribution in [0, 0.1) is 0 Å². The predicted octanol–water partition coefficient (Wildman–Crippen LogP) is 9.43. The van der Waals surface area contributed by atoms with Crippen molar-refractivity contribution in [1.82, 2.24) is 9.13 Å². The number of aromatic nitrogens is 2. The highest BCUT2D eigenvalue weighted by atomic mass is 15.0. The molecular weight excluding hydrogens is 448 g/mol. The molecule has 7 aromatic rings. The van der Waals surface area contributed by atoms with Crippen LogP contribution in [0.2, 0.25) is 0 Å². The molecule has 0 saturated heterocycles. The van der Waals surface area contributed by atoms with Gasteiger partial charge in [0.25, 0.3) is 0 Å². The summed E-state index contributed by atoms with van der Waals surface area (Å²) < 4.78 is 4.75. The van der Waals surface area contributed by atoms with Crippen LogP contribution in [0.5, 0.6) is 0 Å². The van der Waals surface area contributed by atoms with Crippen LogP contribution >= 0.6 is 0 Å². The van der Waals surface area contributed by atoms with E-state index in [0.29, 0.717) is 0 Å². The Morgan fingerprint density at radius 1 is 0.486 bits per heavy atom. The molecule has 2 aromatic heterocycles. The molecule has 7 rings (SSSR count). The van der Waals surface area contributed by atoms with Crippen molar-refractivity contribution in [3.63, 3.8) is 0 Å². The van der Waals surface area contributed by atoms with E-state index >= 15 is 0 Å². The van der Waals surface area contributed by atoms with E-state index in [0.717, 1.165) is 0 Å². The summed E-state index contributed by atoms with van der Waals surface area (Å²) in [6.07, 6.45) is 4.37. The lowest BCUT2D eigenvalue weighted by Gasteiger charge is -2.10. The Hall–Kier alpha value is -4.82. The van der Waals surface area contributed by atoms with Gasteiger partial charge in [-0.05, 0) is 67.1 Å². The highest BCUT2D eigenvalue weighted by Crippen LogP contribution is 2.41. The van der Waals surface area contributed by atoms with Gasteiger partial charge in [0.2, 0.25) is 0 Å². The molecular formula is C35H26N2. The molecule has 0 atom stereocenters. The Morgan fingerprint density at radius 2 is 1.03 bits per heavy atom. The Balaban J connectivity index is 1.56. The fraction of sp³-hybridized carbons (Fsp3) is 0.0286. The molecule has 0 amide bonds. The fourth-order valence-electron chi connectivity index (χ4n) is 5.72. The van der Waals surface area contributed by atoms with Gasteiger partial charge in [-0.1, -0.05) is 84.9 Å². The molecule has 0 fully saturated rings. The topological polar surface area (TPSA) is 9.86 Å². The standard InChI is InChI=1S/C35H26N2/c1-2-13-34-35(29-19-10-12-21-32(29)37(34)27-16-7-4-8-17-27)25-22-23-33-30(24-25)28-18-9-11-20-31(28)36(33)26-14-5-3-6-15-26/h2-24H,1H3/b13-2-. The molecule has 0 aliphatic carbocycles. The molecule has 0 aliphatic rings. The van der Waals surface area contributed by atoms with Crippen LogP contribution in [0.25, 0.3) is 61.3 Å². The van der Waals surface area contributed by atoms with Gasteiger partial charge in [0.15, 0.2) is 0 Å². The first-order valence-corrected chi connectivity index (χ1v) is 12.8. The third kappa shape index (κ3) is 3.34. The average molecular weight is 475 g/mol. The first-order chi connectivity index (χ1) is 18.3. The van der Waals surface area contributed by atoms with Gasteiger partial charge >= 0.3 is 0 Å². The van der Waals surface area contributed by atoms with E-state index in [-0.39, 0.29) is 0 Å². The third-order valence-corrected chi connectivity index (χ3v) is 7.23. The van der Waals surface area contributed by atoms with E-state index in [1.807, 2.05) is 0 Å². The first-order valence-electron chi connectivity index (χ1n) is 12.8. The van der Waals surface area contributed by atoms with Gasteiger partial charge in [-0.3, -0.25) is 0 Å². The molecule has 0 unspecified atom stereocenters. The van der Waals surface area contributed by atoms with Crippen molar-refractivity contribution >= 4 is 38.8 Å². The Kier molecular flexibility index (Phi) is 5.04. The molecule has 2 heterocycles. The molecule has 0 N–H and O–H groups in total. The lowest BCUT2D eigenvalue weighted by molar-refractivity contribution is 1.11. The summed E-state index contributed by atoms with van der Waals surface area (Å²) in [5.74, 6) is 0. The summed E-state index contributed by atoms with van der Waals surface area (Å²) in [7, 11) is 0. The minimum absolute atomic E-state index is 1.17. The average Bonchev–Trinajstić information content (AvgIpc) is 3.46. The maximum atomic E-state index is 2.38. The van der Waals surface area contributed by atoms with Crippen LogP contribution in [0.3, 0.4) is 0 Å². The van der Waals surface area contributed by atoms with Crippen LogP contribution in [0.1, 0.15) is 12.6 Å². The third-order valence-electron chi connectivity index (χ3n) is 7.23. The van der Waals surface area contributed by atoms with Crippen molar-refractivity contribution in [2.75, 3.05) is 0 Å². The van der Waals surface area contributed by atoms with E-state index in [9.17, 15) is 0 Å². The van der Waals surface area contributed by atoms with Crippen LogP contribution in [0.15, 0.2) is 133 Å². The van der Waals surface area contributed by atoms with Gasteiger partial charge in [-0.15, -0.1) is 0 Å². The van der Waals surface area contributed by atoms with Crippen molar-refractivity contribution in [3.05, 3.63) is 139 Å². The number of hydrogen-bond donors (Lipinski definition) is 0. The smallest absolute Gasteiger partial charge is 0.0543 e. The molecule has 0 radical (unpaired) electrons. The van der Waals surface area contributed by atoms with Crippen molar-refractivity contribution in [2.24, 2.45) is 0 Å². The molecule has 5 aromatic carbocycles. The predicted molar refractivity (Wildman–Crippen MR) is 158 cm³/mol. The summed E-state index contributed by atoms with van der Waals surface area (Å²) in [6.45, 7) is 2.09. The minimum atomic E-state index is 1.17. The summed E-state index contributed by atoms with van der Waals surface area (Å²) >= 11 is 0. The van der Waals surface area contributed by atoms with Gasteiger partial charge in [-0.25, -0.2) is 0 Å². The second-order valence-electron chi connectivity index (χ2n) is 9.37. The Labute approximate surface area is 216 Å². The van der Waals surface area contributed by atoms with Gasteiger partial charge < -0.3 is 9.13 Å². The van der Waals surface area contributed by atoms with Crippen LogP contribution in [-0.4, -0.2) is 9.13 Å². The number of rotatable bonds is 4. The quantitative estimate of drug-likeness (QED) is 0.240. The molecule has 0 aliphatic heterocycles. The molecule has 37 heavy (non-hydrogen) atoms. The van der Waals surface area contributed by atoms with Gasteiger partial charge in [-0.2, -0.15) is 0 Å². The van der Waals surface area contributed by atoms with E-state index in [2.05, 4.69) is 156 Å². The Bertz CT molecular complexity index is 1920. The molecule has 0 saturated carbocycles. The minimum Gasteiger partial charge on any atom is -0.309 e. The molecule has 2 heteroatoms. The zero-order chi connectivity index (χ0) is 24.8. The van der Waals surface area contributed by atoms with E-state index in [1.54, 1.807) is 0 Å². The lowest BCUT2D eigenvalue weighted by Crippen LogP contribution is -1.96. The first kappa shape index (κ1) is 21.5. The summed E-state index contributed by atoms with van der Waals surface area (Å²) in [4.78, 5) is 0. The number of benzene rings is 5. The normalized spacial score (nSPS) is 11.8. The molecule has 0 bridgehead atoms. The van der Waals surface area contributed by atoms with Gasteiger partial charge in [0.1, 0.15) is 0 Å². The lowest BCUT2D eigenvalue weighted by atomic mass is 9.99. The van der Waals surface area contributed by atoms with Crippen molar-refractivity contribution in [3.8, 4) is 22.5 Å². The largest absolute Gasteiger partial charge is 0.309 e. The van der Waals surface area contributed by atoms with Crippen molar-refractivity contribution < 1.29 is 0 Å². The molecule has 176 valence electrons. The monoisotopic (exact) mass is 474 g/mol. The summed E-state index contributed by atoms with van der Waals surface area (Å²) in [5, 5.41) is 3.79. The van der Waals surface area contributed by atoms with Crippen molar-refractivity contribution in [1.29, 1.82) is 0 Å². The van der Waals surface area contributed by atoms with E-state index < -0.39 is 0 Å². The number of nitrogens with zero attached hydrogens (tertiary/aromatic N) is 2. The zero-order valence-corrected chi connectivity index (χ0v) is 20.7. The summed E-state index contributed by atoms with van der Waals surface area (Å²) in [6, 6.07) is 45.7.